The standard InChI is InChI=1S/C10H5F2N3O4/c11-5-1-2-7(15(18)19)9(8(5)12)14-3-6(10(16)17)13-4-14/h1-4H,(H,16,17). The van der Waals surface area contributed by atoms with E-state index in [0.717, 1.165) is 23.2 Å². The molecule has 1 aromatic carbocycles. The van der Waals surface area contributed by atoms with E-state index in [-0.39, 0.29) is 0 Å². The van der Waals surface area contributed by atoms with Crippen LogP contribution in [-0.2, 0) is 0 Å². The largest absolute Gasteiger partial charge is 0.476 e. The molecule has 0 saturated carbocycles. The third-order valence-electron chi connectivity index (χ3n) is 2.30. The molecule has 1 aromatic heterocycles. The minimum absolute atomic E-state index is 0.446. The van der Waals surface area contributed by atoms with E-state index in [1.54, 1.807) is 0 Å². The lowest BCUT2D eigenvalue weighted by Crippen LogP contribution is -2.04. The van der Waals surface area contributed by atoms with Gasteiger partial charge in [0, 0.05) is 12.3 Å². The Kier molecular flexibility index (Phi) is 2.95. The molecule has 2 rings (SSSR count). The number of carboxylic acids is 1. The van der Waals surface area contributed by atoms with Crippen molar-refractivity contribution >= 4 is 11.7 Å². The summed E-state index contributed by atoms with van der Waals surface area (Å²) in [7, 11) is 0. The number of nitrogens with zero attached hydrogens (tertiary/aromatic N) is 3. The van der Waals surface area contributed by atoms with Crippen molar-refractivity contribution in [2.24, 2.45) is 0 Å². The van der Waals surface area contributed by atoms with E-state index in [9.17, 15) is 23.7 Å². The van der Waals surface area contributed by atoms with Gasteiger partial charge in [0.2, 0.25) is 0 Å². The van der Waals surface area contributed by atoms with Crippen molar-refractivity contribution in [3.63, 3.8) is 0 Å². The van der Waals surface area contributed by atoms with Gasteiger partial charge in [0.25, 0.3) is 5.69 Å². The molecule has 7 nitrogen and oxygen atoms in total. The molecule has 2 aromatic rings. The van der Waals surface area contributed by atoms with Crippen molar-refractivity contribution in [1.82, 2.24) is 9.55 Å². The van der Waals surface area contributed by atoms with Gasteiger partial charge >= 0.3 is 5.97 Å². The molecule has 0 aliphatic rings. The molecule has 0 amide bonds. The maximum absolute atomic E-state index is 13.6. The first-order valence-electron chi connectivity index (χ1n) is 4.82. The van der Waals surface area contributed by atoms with Crippen LogP contribution in [0, 0.1) is 21.7 Å². The quantitative estimate of drug-likeness (QED) is 0.676. The summed E-state index contributed by atoms with van der Waals surface area (Å²) in [6.45, 7) is 0. The third-order valence-corrected chi connectivity index (χ3v) is 2.30. The van der Waals surface area contributed by atoms with Gasteiger partial charge < -0.3 is 5.11 Å². The highest BCUT2D eigenvalue weighted by atomic mass is 19.2. The molecule has 9 heteroatoms. The van der Waals surface area contributed by atoms with Crippen LogP contribution in [0.3, 0.4) is 0 Å². The number of aromatic carboxylic acids is 1. The fourth-order valence-corrected chi connectivity index (χ4v) is 1.48. The third kappa shape index (κ3) is 2.12. The summed E-state index contributed by atoms with van der Waals surface area (Å²) in [5, 5.41) is 19.4. The first-order valence-corrected chi connectivity index (χ1v) is 4.82. The van der Waals surface area contributed by atoms with Crippen molar-refractivity contribution in [1.29, 1.82) is 0 Å². The number of nitro groups is 1. The van der Waals surface area contributed by atoms with E-state index in [4.69, 9.17) is 5.11 Å². The second-order valence-electron chi connectivity index (χ2n) is 3.46. The van der Waals surface area contributed by atoms with Crippen LogP contribution in [0.4, 0.5) is 14.5 Å². The monoisotopic (exact) mass is 269 g/mol. The highest BCUT2D eigenvalue weighted by Crippen LogP contribution is 2.27. The van der Waals surface area contributed by atoms with Crippen molar-refractivity contribution < 1.29 is 23.6 Å². The first-order chi connectivity index (χ1) is 8.91. The lowest BCUT2D eigenvalue weighted by molar-refractivity contribution is -0.384. The lowest BCUT2D eigenvalue weighted by Gasteiger charge is -2.05. The molecule has 0 bridgehead atoms. The van der Waals surface area contributed by atoms with Crippen LogP contribution in [0.1, 0.15) is 10.5 Å². The molecule has 0 fully saturated rings. The van der Waals surface area contributed by atoms with E-state index in [0.29, 0.717) is 6.07 Å². The summed E-state index contributed by atoms with van der Waals surface area (Å²) in [5.74, 6) is -4.13. The van der Waals surface area contributed by atoms with Gasteiger partial charge in [-0.2, -0.15) is 0 Å². The summed E-state index contributed by atoms with van der Waals surface area (Å²) in [4.78, 5) is 23.9. The Hall–Kier alpha value is -2.84. The van der Waals surface area contributed by atoms with Gasteiger partial charge in [0.1, 0.15) is 6.33 Å². The lowest BCUT2D eigenvalue weighted by atomic mass is 10.2. The number of carbonyl (C=O) groups is 1. The number of imidazole rings is 1. The average molecular weight is 269 g/mol. The average Bonchev–Trinajstić information content (AvgIpc) is 2.81. The molecule has 0 aliphatic heterocycles. The molecule has 0 unspecified atom stereocenters. The summed E-state index contributed by atoms with van der Waals surface area (Å²) in [5.41, 5.74) is -1.85. The van der Waals surface area contributed by atoms with Gasteiger partial charge in [0.15, 0.2) is 23.0 Å². The minimum atomic E-state index is -1.46. The zero-order valence-corrected chi connectivity index (χ0v) is 9.08. The number of rotatable bonds is 3. The Morgan fingerprint density at radius 1 is 1.42 bits per heavy atom. The zero-order valence-electron chi connectivity index (χ0n) is 9.08. The second kappa shape index (κ2) is 4.44. The van der Waals surface area contributed by atoms with Crippen LogP contribution in [0.15, 0.2) is 24.7 Å². The predicted molar refractivity (Wildman–Crippen MR) is 57.1 cm³/mol. The van der Waals surface area contributed by atoms with E-state index < -0.39 is 39.6 Å². The number of hydrogen-bond acceptors (Lipinski definition) is 4. The van der Waals surface area contributed by atoms with Gasteiger partial charge in [0.05, 0.1) is 4.92 Å². The SMILES string of the molecule is O=C(O)c1cn(-c2c([N+](=O)[O-])ccc(F)c2F)cn1. The highest BCUT2D eigenvalue weighted by Gasteiger charge is 2.24. The van der Waals surface area contributed by atoms with Gasteiger partial charge in [-0.15, -0.1) is 0 Å². The number of halogens is 2. The molecular weight excluding hydrogens is 264 g/mol. The Morgan fingerprint density at radius 3 is 2.63 bits per heavy atom. The van der Waals surface area contributed by atoms with Crippen LogP contribution >= 0.6 is 0 Å². The van der Waals surface area contributed by atoms with Gasteiger partial charge in [-0.3, -0.25) is 14.7 Å². The van der Waals surface area contributed by atoms with Gasteiger partial charge in [-0.1, -0.05) is 0 Å². The van der Waals surface area contributed by atoms with Crippen molar-refractivity contribution in [3.05, 3.63) is 52.1 Å². The molecule has 0 atom stereocenters. The van der Waals surface area contributed by atoms with Gasteiger partial charge in [-0.05, 0) is 6.07 Å². The van der Waals surface area contributed by atoms with Crippen LogP contribution < -0.4 is 0 Å². The summed E-state index contributed by atoms with van der Waals surface area (Å²) >= 11 is 0. The summed E-state index contributed by atoms with van der Waals surface area (Å²) in [6, 6.07) is 1.40. The highest BCUT2D eigenvalue weighted by molar-refractivity contribution is 5.85. The molecule has 1 N–H and O–H groups in total. The Labute approximate surface area is 103 Å². The minimum Gasteiger partial charge on any atom is -0.476 e. The maximum atomic E-state index is 13.6. The first kappa shape index (κ1) is 12.6. The van der Waals surface area contributed by atoms with E-state index >= 15 is 0 Å². The smallest absolute Gasteiger partial charge is 0.356 e. The summed E-state index contributed by atoms with van der Waals surface area (Å²) in [6.07, 6.45) is 1.71. The molecule has 0 aliphatic carbocycles. The van der Waals surface area contributed by atoms with Gasteiger partial charge in [-0.25, -0.2) is 18.6 Å². The van der Waals surface area contributed by atoms with Crippen LogP contribution in [0.25, 0.3) is 5.69 Å². The Bertz CT molecular complexity index is 683. The number of hydrogen-bond donors (Lipinski definition) is 1. The second-order valence-corrected chi connectivity index (χ2v) is 3.46. The summed E-state index contributed by atoms with van der Waals surface area (Å²) < 4.78 is 27.5. The zero-order chi connectivity index (χ0) is 14.2. The van der Waals surface area contributed by atoms with Crippen molar-refractivity contribution in [2.45, 2.75) is 0 Å². The number of benzene rings is 1. The fraction of sp³-hybridized carbons (Fsp3) is 0. The maximum Gasteiger partial charge on any atom is 0.356 e. The normalized spacial score (nSPS) is 10.4. The Morgan fingerprint density at radius 2 is 2.11 bits per heavy atom. The molecule has 0 spiro atoms. The van der Waals surface area contributed by atoms with E-state index in [1.165, 1.54) is 0 Å². The van der Waals surface area contributed by atoms with Crippen LogP contribution in [-0.4, -0.2) is 25.6 Å². The molecule has 0 saturated heterocycles. The van der Waals surface area contributed by atoms with Crippen molar-refractivity contribution in [3.8, 4) is 5.69 Å². The fourth-order valence-electron chi connectivity index (χ4n) is 1.48. The molecule has 0 radical (unpaired) electrons. The molecule has 1 heterocycles. The molecule has 98 valence electrons. The molecular formula is C10H5F2N3O4. The van der Waals surface area contributed by atoms with Crippen LogP contribution in [0.2, 0.25) is 0 Å². The Balaban J connectivity index is 2.68. The van der Waals surface area contributed by atoms with Crippen molar-refractivity contribution in [2.75, 3.05) is 0 Å². The topological polar surface area (TPSA) is 98.3 Å². The number of nitro benzene ring substituents is 1. The number of carboxylic acid groups (broad SMARTS) is 1. The van der Waals surface area contributed by atoms with E-state index in [2.05, 4.69) is 4.98 Å². The van der Waals surface area contributed by atoms with E-state index in [1.807, 2.05) is 0 Å². The molecule has 19 heavy (non-hydrogen) atoms. The predicted octanol–water partition coefficient (Wildman–Crippen LogP) is 1.76. The number of aromatic nitrogens is 2. The van der Waals surface area contributed by atoms with Crippen LogP contribution in [0.5, 0.6) is 0 Å².